The SMILES string of the molecule is Cc1cc(Br)ccc1Nc1c(C(=O)NOCC2CC2)cc2c(ncn2CCCCNCc2ncccc2C)c1F. The fourth-order valence-corrected chi connectivity index (χ4v) is 5.02. The largest absolute Gasteiger partial charge is 0.352 e. The number of aryl methyl sites for hydroxylation is 3. The zero-order valence-electron chi connectivity index (χ0n) is 22.8. The maximum absolute atomic E-state index is 16.0. The fraction of sp³-hybridized carbons (Fsp3) is 0.367. The van der Waals surface area contributed by atoms with Gasteiger partial charge in [-0.15, -0.1) is 0 Å². The molecule has 0 saturated heterocycles. The van der Waals surface area contributed by atoms with Gasteiger partial charge in [0.25, 0.3) is 5.91 Å². The molecule has 10 heteroatoms. The molecule has 1 saturated carbocycles. The molecule has 0 aliphatic heterocycles. The third-order valence-corrected chi connectivity index (χ3v) is 7.64. The minimum Gasteiger partial charge on any atom is -0.352 e. The van der Waals surface area contributed by atoms with Gasteiger partial charge in [0.2, 0.25) is 0 Å². The van der Waals surface area contributed by atoms with Crippen LogP contribution < -0.4 is 16.1 Å². The number of amides is 1. The molecule has 1 fully saturated rings. The lowest BCUT2D eigenvalue weighted by Crippen LogP contribution is -2.26. The molecule has 8 nitrogen and oxygen atoms in total. The minimum absolute atomic E-state index is 0.0738. The van der Waals surface area contributed by atoms with E-state index in [2.05, 4.69) is 55.0 Å². The maximum Gasteiger partial charge on any atom is 0.277 e. The molecule has 5 rings (SSSR count). The molecule has 0 unspecified atom stereocenters. The first-order chi connectivity index (χ1) is 19.4. The lowest BCUT2D eigenvalue weighted by Gasteiger charge is -2.16. The van der Waals surface area contributed by atoms with Crippen LogP contribution in [0.1, 0.15) is 52.9 Å². The van der Waals surface area contributed by atoms with Crippen molar-refractivity contribution in [1.29, 1.82) is 0 Å². The molecule has 3 N–H and O–H groups in total. The number of carbonyl (C=O) groups excluding carboxylic acids is 1. The van der Waals surface area contributed by atoms with E-state index in [1.54, 1.807) is 12.4 Å². The highest BCUT2D eigenvalue weighted by Crippen LogP contribution is 2.33. The van der Waals surface area contributed by atoms with Crippen LogP contribution in [0.25, 0.3) is 11.0 Å². The number of anilines is 2. The normalized spacial score (nSPS) is 13.1. The van der Waals surface area contributed by atoms with Gasteiger partial charge in [0, 0.05) is 29.4 Å². The van der Waals surface area contributed by atoms with E-state index in [4.69, 9.17) is 4.84 Å². The molecule has 2 aromatic carbocycles. The Balaban J connectivity index is 1.31. The van der Waals surface area contributed by atoms with E-state index < -0.39 is 11.7 Å². The number of nitrogens with one attached hydrogen (secondary N) is 3. The van der Waals surface area contributed by atoms with Crippen LogP contribution in [0.2, 0.25) is 0 Å². The highest BCUT2D eigenvalue weighted by molar-refractivity contribution is 9.10. The van der Waals surface area contributed by atoms with Crippen molar-refractivity contribution < 1.29 is 14.0 Å². The summed E-state index contributed by atoms with van der Waals surface area (Å²) in [5.41, 5.74) is 7.36. The van der Waals surface area contributed by atoms with Gasteiger partial charge in [0.1, 0.15) is 5.52 Å². The molecule has 2 heterocycles. The van der Waals surface area contributed by atoms with Crippen molar-refractivity contribution >= 4 is 44.2 Å². The van der Waals surface area contributed by atoms with Crippen LogP contribution in [0, 0.1) is 25.6 Å². The summed E-state index contributed by atoms with van der Waals surface area (Å²) in [5.74, 6) is -0.592. The molecule has 2 aromatic heterocycles. The monoisotopic (exact) mass is 608 g/mol. The lowest BCUT2D eigenvalue weighted by molar-refractivity contribution is 0.0271. The van der Waals surface area contributed by atoms with Crippen LogP contribution >= 0.6 is 15.9 Å². The lowest BCUT2D eigenvalue weighted by atomic mass is 10.1. The Morgan fingerprint density at radius 2 is 2.00 bits per heavy atom. The first-order valence-corrected chi connectivity index (χ1v) is 14.4. The molecule has 0 bridgehead atoms. The second-order valence-corrected chi connectivity index (χ2v) is 11.3. The smallest absolute Gasteiger partial charge is 0.277 e. The third kappa shape index (κ3) is 6.86. The van der Waals surface area contributed by atoms with E-state index in [0.29, 0.717) is 30.3 Å². The molecule has 40 heavy (non-hydrogen) atoms. The number of hydroxylamine groups is 1. The van der Waals surface area contributed by atoms with Gasteiger partial charge < -0.3 is 15.2 Å². The zero-order chi connectivity index (χ0) is 28.1. The van der Waals surface area contributed by atoms with Gasteiger partial charge in [-0.3, -0.25) is 14.6 Å². The Hall–Kier alpha value is -3.34. The molecular weight excluding hydrogens is 575 g/mol. The zero-order valence-corrected chi connectivity index (χ0v) is 24.4. The number of halogens is 2. The Morgan fingerprint density at radius 3 is 2.77 bits per heavy atom. The Labute approximate surface area is 241 Å². The summed E-state index contributed by atoms with van der Waals surface area (Å²) in [5, 5.41) is 6.58. The van der Waals surface area contributed by atoms with Gasteiger partial charge in [-0.2, -0.15) is 0 Å². The average molecular weight is 610 g/mol. The summed E-state index contributed by atoms with van der Waals surface area (Å²) >= 11 is 3.46. The van der Waals surface area contributed by atoms with Gasteiger partial charge in [-0.1, -0.05) is 22.0 Å². The second-order valence-electron chi connectivity index (χ2n) is 10.3. The first-order valence-electron chi connectivity index (χ1n) is 13.6. The number of unbranched alkanes of at least 4 members (excludes halogenated alkanes) is 1. The van der Waals surface area contributed by atoms with Gasteiger partial charge >= 0.3 is 0 Å². The highest BCUT2D eigenvalue weighted by atomic mass is 79.9. The number of benzene rings is 2. The molecule has 1 amide bonds. The van der Waals surface area contributed by atoms with Crippen LogP contribution in [0.4, 0.5) is 15.8 Å². The summed E-state index contributed by atoms with van der Waals surface area (Å²) in [6.45, 7) is 6.64. The summed E-state index contributed by atoms with van der Waals surface area (Å²) in [4.78, 5) is 27.4. The quantitative estimate of drug-likeness (QED) is 0.121. The standard InChI is InChI=1S/C30H34BrFN6O2/c1-19-6-5-12-34-25(19)16-33-11-3-4-13-38-18-35-29-26(38)15-23(30(39)37-40-17-21-7-8-21)28(27(29)32)36-24-10-9-22(31)14-20(24)2/h5-6,9-10,12,14-15,18,21,33,36H,3-4,7-8,11,13,16-17H2,1-2H3,(H,37,39). The summed E-state index contributed by atoms with van der Waals surface area (Å²) < 4.78 is 18.8. The summed E-state index contributed by atoms with van der Waals surface area (Å²) in [7, 11) is 0. The number of hydrogen-bond donors (Lipinski definition) is 3. The predicted molar refractivity (Wildman–Crippen MR) is 158 cm³/mol. The molecule has 4 aromatic rings. The first kappa shape index (κ1) is 28.2. The van der Waals surface area contributed by atoms with Crippen LogP contribution in [0.3, 0.4) is 0 Å². The van der Waals surface area contributed by atoms with Crippen molar-refractivity contribution in [2.24, 2.45) is 5.92 Å². The third-order valence-electron chi connectivity index (χ3n) is 7.14. The average Bonchev–Trinajstić information content (AvgIpc) is 3.67. The molecule has 0 atom stereocenters. The van der Waals surface area contributed by atoms with Crippen molar-refractivity contribution in [2.75, 3.05) is 18.5 Å². The van der Waals surface area contributed by atoms with Crippen LogP contribution in [-0.4, -0.2) is 33.6 Å². The van der Waals surface area contributed by atoms with E-state index in [1.807, 2.05) is 42.0 Å². The maximum atomic E-state index is 16.0. The Kier molecular flexibility index (Phi) is 9.08. The van der Waals surface area contributed by atoms with Gasteiger partial charge in [0.05, 0.1) is 35.4 Å². The van der Waals surface area contributed by atoms with E-state index in [1.165, 1.54) is 5.56 Å². The number of rotatable bonds is 13. The number of aromatic nitrogens is 3. The summed E-state index contributed by atoms with van der Waals surface area (Å²) in [6.07, 6.45) is 7.44. The van der Waals surface area contributed by atoms with Crippen LogP contribution in [0.5, 0.6) is 0 Å². The van der Waals surface area contributed by atoms with Crippen molar-refractivity contribution in [3.05, 3.63) is 81.6 Å². The van der Waals surface area contributed by atoms with E-state index in [-0.39, 0.29) is 16.8 Å². The van der Waals surface area contributed by atoms with Crippen LogP contribution in [0.15, 0.2) is 53.4 Å². The minimum atomic E-state index is -0.571. The fourth-order valence-electron chi connectivity index (χ4n) is 4.55. The van der Waals surface area contributed by atoms with E-state index in [0.717, 1.165) is 54.5 Å². The molecule has 1 aliphatic carbocycles. The number of pyridine rings is 1. The van der Waals surface area contributed by atoms with Crippen molar-refractivity contribution in [3.63, 3.8) is 0 Å². The van der Waals surface area contributed by atoms with Crippen molar-refractivity contribution in [1.82, 2.24) is 25.3 Å². The molecule has 0 radical (unpaired) electrons. The number of fused-ring (bicyclic) bond motifs is 1. The van der Waals surface area contributed by atoms with Gasteiger partial charge in [-0.25, -0.2) is 14.9 Å². The molecular formula is C30H34BrFN6O2. The molecule has 210 valence electrons. The van der Waals surface area contributed by atoms with Gasteiger partial charge in [0.15, 0.2) is 5.82 Å². The Morgan fingerprint density at radius 1 is 1.15 bits per heavy atom. The second kappa shape index (κ2) is 12.9. The number of imidazole rings is 1. The highest BCUT2D eigenvalue weighted by Gasteiger charge is 2.25. The van der Waals surface area contributed by atoms with Crippen molar-refractivity contribution in [2.45, 2.75) is 52.6 Å². The van der Waals surface area contributed by atoms with Crippen molar-refractivity contribution in [3.8, 4) is 0 Å². The number of carbonyl (C=O) groups is 1. The molecule has 0 spiro atoms. The van der Waals surface area contributed by atoms with E-state index in [9.17, 15) is 4.79 Å². The van der Waals surface area contributed by atoms with Crippen LogP contribution in [-0.2, 0) is 17.9 Å². The van der Waals surface area contributed by atoms with E-state index >= 15 is 4.39 Å². The Bertz CT molecular complexity index is 1500. The topological polar surface area (TPSA) is 93.1 Å². The van der Waals surface area contributed by atoms with Gasteiger partial charge in [-0.05, 0) is 93.5 Å². The summed E-state index contributed by atoms with van der Waals surface area (Å²) in [6, 6.07) is 11.3. The number of hydrogen-bond acceptors (Lipinski definition) is 6. The predicted octanol–water partition coefficient (Wildman–Crippen LogP) is 6.33. The molecule has 1 aliphatic rings. The number of nitrogens with zero attached hydrogens (tertiary/aromatic N) is 3.